The molecule has 4 heteroatoms. The summed E-state index contributed by atoms with van der Waals surface area (Å²) in [5.74, 6) is 0.795. The van der Waals surface area contributed by atoms with Crippen LogP contribution in [-0.2, 0) is 0 Å². The third-order valence-corrected chi connectivity index (χ3v) is 1.60. The van der Waals surface area contributed by atoms with Gasteiger partial charge < -0.3 is 10.0 Å². The van der Waals surface area contributed by atoms with Crippen LogP contribution in [0.4, 0.5) is 5.82 Å². The summed E-state index contributed by atoms with van der Waals surface area (Å²) in [6.45, 7) is 2.68. The molecule has 0 aromatic carbocycles. The minimum atomic E-state index is 0.131. The molecule has 0 aliphatic heterocycles. The second kappa shape index (κ2) is 4.01. The van der Waals surface area contributed by atoms with Crippen LogP contribution in [0, 0.1) is 6.92 Å². The van der Waals surface area contributed by atoms with Crippen LogP contribution >= 0.6 is 0 Å². The number of hydrogen-bond donors (Lipinski definition) is 1. The second-order valence-electron chi connectivity index (χ2n) is 2.74. The fourth-order valence-corrected chi connectivity index (χ4v) is 0.900. The molecule has 0 spiro atoms. The smallest absolute Gasteiger partial charge is 0.151 e. The molecule has 0 unspecified atom stereocenters. The summed E-state index contributed by atoms with van der Waals surface area (Å²) in [6.07, 6.45) is 1.70. The van der Waals surface area contributed by atoms with E-state index in [0.717, 1.165) is 11.4 Å². The molecule has 12 heavy (non-hydrogen) atoms. The lowest BCUT2D eigenvalue weighted by atomic mass is 10.3. The van der Waals surface area contributed by atoms with Gasteiger partial charge in [-0.25, -0.2) is 0 Å². The molecule has 0 fully saturated rings. The number of aliphatic hydroxyl groups excluding tert-OH is 1. The zero-order valence-corrected chi connectivity index (χ0v) is 7.36. The standard InChI is InChI=1S/C8H13N3O/c1-7-5-8(10-9-6-7)11(2)3-4-12/h5-6,12H,3-4H2,1-2H3. The predicted molar refractivity (Wildman–Crippen MR) is 47.1 cm³/mol. The molecular weight excluding hydrogens is 154 g/mol. The number of rotatable bonds is 3. The molecule has 4 nitrogen and oxygen atoms in total. The molecule has 0 saturated heterocycles. The van der Waals surface area contributed by atoms with Crippen molar-refractivity contribution in [2.75, 3.05) is 25.1 Å². The number of nitrogens with zero attached hydrogens (tertiary/aromatic N) is 3. The van der Waals surface area contributed by atoms with E-state index in [-0.39, 0.29) is 6.61 Å². The van der Waals surface area contributed by atoms with Crippen LogP contribution in [0.3, 0.4) is 0 Å². The lowest BCUT2D eigenvalue weighted by molar-refractivity contribution is 0.303. The van der Waals surface area contributed by atoms with Crippen LogP contribution in [0.15, 0.2) is 12.3 Å². The van der Waals surface area contributed by atoms with Crippen molar-refractivity contribution in [2.24, 2.45) is 0 Å². The van der Waals surface area contributed by atoms with Gasteiger partial charge in [0, 0.05) is 13.6 Å². The molecule has 0 amide bonds. The van der Waals surface area contributed by atoms with E-state index >= 15 is 0 Å². The monoisotopic (exact) mass is 167 g/mol. The molecule has 66 valence electrons. The number of anilines is 1. The van der Waals surface area contributed by atoms with Crippen LogP contribution in [0.5, 0.6) is 0 Å². The van der Waals surface area contributed by atoms with E-state index in [1.807, 2.05) is 24.9 Å². The second-order valence-corrected chi connectivity index (χ2v) is 2.74. The Morgan fingerprint density at radius 1 is 1.58 bits per heavy atom. The molecule has 0 bridgehead atoms. The van der Waals surface area contributed by atoms with E-state index < -0.39 is 0 Å². The van der Waals surface area contributed by atoms with Gasteiger partial charge in [-0.2, -0.15) is 5.10 Å². The first kappa shape index (κ1) is 8.93. The van der Waals surface area contributed by atoms with Crippen molar-refractivity contribution < 1.29 is 5.11 Å². The maximum atomic E-state index is 8.68. The quantitative estimate of drug-likeness (QED) is 0.699. The Hall–Kier alpha value is -1.16. The van der Waals surface area contributed by atoms with Gasteiger partial charge in [0.05, 0.1) is 12.8 Å². The van der Waals surface area contributed by atoms with E-state index in [0.29, 0.717) is 6.54 Å². The van der Waals surface area contributed by atoms with E-state index in [1.54, 1.807) is 6.20 Å². The first-order chi connectivity index (χ1) is 5.74. The molecular formula is C8H13N3O. The molecule has 1 aromatic rings. The van der Waals surface area contributed by atoms with Gasteiger partial charge in [0.15, 0.2) is 5.82 Å². The number of hydrogen-bond acceptors (Lipinski definition) is 4. The summed E-state index contributed by atoms with van der Waals surface area (Å²) in [4.78, 5) is 1.86. The lowest BCUT2D eigenvalue weighted by Gasteiger charge is -2.15. The molecule has 0 aliphatic rings. The molecule has 1 N–H and O–H groups in total. The maximum Gasteiger partial charge on any atom is 0.151 e. The Morgan fingerprint density at radius 2 is 2.33 bits per heavy atom. The molecule has 0 aliphatic carbocycles. The van der Waals surface area contributed by atoms with Crippen LogP contribution in [-0.4, -0.2) is 35.5 Å². The summed E-state index contributed by atoms with van der Waals surface area (Å²) in [5.41, 5.74) is 1.07. The molecule has 0 saturated carbocycles. The summed E-state index contributed by atoms with van der Waals surface area (Å²) in [5, 5.41) is 16.4. The van der Waals surface area contributed by atoms with Gasteiger partial charge in [0.1, 0.15) is 0 Å². The van der Waals surface area contributed by atoms with Gasteiger partial charge in [-0.1, -0.05) is 0 Å². The summed E-state index contributed by atoms with van der Waals surface area (Å²) < 4.78 is 0. The van der Waals surface area contributed by atoms with Crippen molar-refractivity contribution in [2.45, 2.75) is 6.92 Å². The molecule has 1 aromatic heterocycles. The van der Waals surface area contributed by atoms with Crippen LogP contribution in [0.25, 0.3) is 0 Å². The topological polar surface area (TPSA) is 49.2 Å². The zero-order valence-electron chi connectivity index (χ0n) is 7.36. The van der Waals surface area contributed by atoms with Crippen LogP contribution in [0.1, 0.15) is 5.56 Å². The van der Waals surface area contributed by atoms with Crippen molar-refractivity contribution in [1.82, 2.24) is 10.2 Å². The average molecular weight is 167 g/mol. The van der Waals surface area contributed by atoms with Gasteiger partial charge in [0.2, 0.25) is 0 Å². The van der Waals surface area contributed by atoms with Gasteiger partial charge >= 0.3 is 0 Å². The Kier molecular flexibility index (Phi) is 2.99. The third-order valence-electron chi connectivity index (χ3n) is 1.60. The Bertz CT molecular complexity index is 252. The minimum absolute atomic E-state index is 0.131. The van der Waals surface area contributed by atoms with Crippen LogP contribution < -0.4 is 4.90 Å². The highest BCUT2D eigenvalue weighted by Gasteiger charge is 2.00. The Morgan fingerprint density at radius 3 is 2.92 bits per heavy atom. The fraction of sp³-hybridized carbons (Fsp3) is 0.500. The molecule has 0 atom stereocenters. The minimum Gasteiger partial charge on any atom is -0.395 e. The van der Waals surface area contributed by atoms with Crippen molar-refractivity contribution in [3.63, 3.8) is 0 Å². The highest BCUT2D eigenvalue weighted by atomic mass is 16.3. The van der Waals surface area contributed by atoms with Crippen molar-refractivity contribution in [3.05, 3.63) is 17.8 Å². The third kappa shape index (κ3) is 2.17. The van der Waals surface area contributed by atoms with Crippen molar-refractivity contribution in [1.29, 1.82) is 0 Å². The molecule has 1 heterocycles. The van der Waals surface area contributed by atoms with E-state index in [2.05, 4.69) is 10.2 Å². The fourth-order valence-electron chi connectivity index (χ4n) is 0.900. The normalized spacial score (nSPS) is 9.92. The summed E-state index contributed by atoms with van der Waals surface area (Å²) >= 11 is 0. The highest BCUT2D eigenvalue weighted by molar-refractivity contribution is 5.37. The maximum absolute atomic E-state index is 8.68. The van der Waals surface area contributed by atoms with Crippen molar-refractivity contribution >= 4 is 5.82 Å². The highest BCUT2D eigenvalue weighted by Crippen LogP contribution is 2.07. The number of aryl methyl sites for hydroxylation is 1. The van der Waals surface area contributed by atoms with Gasteiger partial charge in [-0.05, 0) is 18.6 Å². The predicted octanol–water partition coefficient (Wildman–Crippen LogP) is 0.214. The SMILES string of the molecule is Cc1cnnc(N(C)CCO)c1. The number of likely N-dealkylation sites (N-methyl/N-ethyl adjacent to an activating group) is 1. The Labute approximate surface area is 71.9 Å². The van der Waals surface area contributed by atoms with Crippen LogP contribution in [0.2, 0.25) is 0 Å². The van der Waals surface area contributed by atoms with E-state index in [4.69, 9.17) is 5.11 Å². The van der Waals surface area contributed by atoms with Gasteiger partial charge in [0.25, 0.3) is 0 Å². The zero-order chi connectivity index (χ0) is 8.97. The van der Waals surface area contributed by atoms with Gasteiger partial charge in [-0.15, -0.1) is 5.10 Å². The molecule has 0 radical (unpaired) electrons. The molecule has 1 rings (SSSR count). The van der Waals surface area contributed by atoms with Crippen molar-refractivity contribution in [3.8, 4) is 0 Å². The first-order valence-corrected chi connectivity index (χ1v) is 3.85. The lowest BCUT2D eigenvalue weighted by Crippen LogP contribution is -2.22. The number of aliphatic hydroxyl groups is 1. The average Bonchev–Trinajstić information content (AvgIpc) is 2.05. The Balaban J connectivity index is 2.73. The van der Waals surface area contributed by atoms with Gasteiger partial charge in [-0.3, -0.25) is 0 Å². The summed E-state index contributed by atoms with van der Waals surface area (Å²) in [6, 6.07) is 1.93. The first-order valence-electron chi connectivity index (χ1n) is 3.85. The summed E-state index contributed by atoms with van der Waals surface area (Å²) in [7, 11) is 1.87. The van der Waals surface area contributed by atoms with E-state index in [1.165, 1.54) is 0 Å². The number of aromatic nitrogens is 2. The van der Waals surface area contributed by atoms with E-state index in [9.17, 15) is 0 Å². The largest absolute Gasteiger partial charge is 0.395 e.